The van der Waals surface area contributed by atoms with Crippen molar-refractivity contribution in [2.75, 3.05) is 13.2 Å². The van der Waals surface area contributed by atoms with Gasteiger partial charge in [-0.2, -0.15) is 0 Å². The molecule has 1 aliphatic carbocycles. The van der Waals surface area contributed by atoms with Gasteiger partial charge in [0.05, 0.1) is 6.61 Å². The predicted octanol–water partition coefficient (Wildman–Crippen LogP) is 1.36. The van der Waals surface area contributed by atoms with Crippen molar-refractivity contribution in [2.45, 2.75) is 44.6 Å². The lowest BCUT2D eigenvalue weighted by Crippen LogP contribution is -2.48. The van der Waals surface area contributed by atoms with Gasteiger partial charge in [0.15, 0.2) is 0 Å². The van der Waals surface area contributed by atoms with Crippen molar-refractivity contribution in [3.8, 4) is 0 Å². The number of amides is 3. The lowest BCUT2D eigenvalue weighted by atomic mass is 9.82. The quantitative estimate of drug-likeness (QED) is 0.479. The van der Waals surface area contributed by atoms with Gasteiger partial charge in [0.25, 0.3) is 5.91 Å². The maximum Gasteiger partial charge on any atom is 0.330 e. The maximum absolute atomic E-state index is 12.4. The highest BCUT2D eigenvalue weighted by Crippen LogP contribution is 2.33. The normalized spacial score (nSPS) is 21.6. The molecule has 2 rings (SSSR count). The van der Waals surface area contributed by atoms with E-state index in [9.17, 15) is 14.4 Å². The van der Waals surface area contributed by atoms with Crippen LogP contribution in [0.1, 0.15) is 39.0 Å². The smallest absolute Gasteiger partial charge is 0.330 e. The number of carbonyl (C=O) groups excluding carboxylic acids is 3. The van der Waals surface area contributed by atoms with Crippen LogP contribution in [0, 0.1) is 0 Å². The molecule has 0 aromatic heterocycles. The molecule has 1 saturated heterocycles. The summed E-state index contributed by atoms with van der Waals surface area (Å²) in [4.78, 5) is 36.6. The van der Waals surface area contributed by atoms with E-state index in [1.165, 1.54) is 17.1 Å². The Morgan fingerprint density at radius 2 is 2.05 bits per heavy atom. The van der Waals surface area contributed by atoms with Gasteiger partial charge in [-0.3, -0.25) is 9.69 Å². The molecule has 2 aliphatic rings. The van der Waals surface area contributed by atoms with Crippen molar-refractivity contribution < 1.29 is 19.1 Å². The van der Waals surface area contributed by atoms with Crippen LogP contribution < -0.4 is 5.32 Å². The molecule has 0 radical (unpaired) electrons. The molecular formula is C14H20N2O4. The van der Waals surface area contributed by atoms with Crippen LogP contribution >= 0.6 is 0 Å². The van der Waals surface area contributed by atoms with Crippen molar-refractivity contribution in [1.29, 1.82) is 0 Å². The fraction of sp³-hybridized carbons (Fsp3) is 0.643. The molecule has 3 amide bonds. The molecule has 1 heterocycles. The Hall–Kier alpha value is -1.85. The van der Waals surface area contributed by atoms with E-state index in [1.54, 1.807) is 6.92 Å². The Bertz CT molecular complexity index is 438. The summed E-state index contributed by atoms with van der Waals surface area (Å²) in [6.07, 6.45) is 7.16. The van der Waals surface area contributed by atoms with Crippen molar-refractivity contribution >= 4 is 17.9 Å². The minimum atomic E-state index is -0.701. The van der Waals surface area contributed by atoms with Gasteiger partial charge in [0, 0.05) is 12.6 Å². The molecule has 110 valence electrons. The summed E-state index contributed by atoms with van der Waals surface area (Å²) in [7, 11) is 0. The number of imide groups is 1. The number of nitrogens with one attached hydrogen (secondary N) is 1. The Labute approximate surface area is 118 Å². The Morgan fingerprint density at radius 1 is 1.35 bits per heavy atom. The maximum atomic E-state index is 12.4. The summed E-state index contributed by atoms with van der Waals surface area (Å²) in [6.45, 7) is 2.12. The monoisotopic (exact) mass is 280 g/mol. The first-order chi connectivity index (χ1) is 9.59. The minimum absolute atomic E-state index is 0.102. The van der Waals surface area contributed by atoms with Gasteiger partial charge in [-0.05, 0) is 19.8 Å². The van der Waals surface area contributed by atoms with Crippen LogP contribution in [0.3, 0.4) is 0 Å². The van der Waals surface area contributed by atoms with Crippen molar-refractivity contribution in [3.63, 3.8) is 0 Å². The second kappa shape index (κ2) is 6.07. The highest BCUT2D eigenvalue weighted by molar-refractivity contribution is 6.07. The third-order valence-electron chi connectivity index (χ3n) is 3.78. The van der Waals surface area contributed by atoms with Gasteiger partial charge < -0.3 is 10.1 Å². The number of nitrogens with zero attached hydrogens (tertiary/aromatic N) is 1. The summed E-state index contributed by atoms with van der Waals surface area (Å²) < 4.78 is 4.74. The zero-order chi connectivity index (χ0) is 14.6. The van der Waals surface area contributed by atoms with Gasteiger partial charge in [0.2, 0.25) is 0 Å². The number of carbonyl (C=O) groups is 3. The van der Waals surface area contributed by atoms with E-state index in [4.69, 9.17) is 4.74 Å². The van der Waals surface area contributed by atoms with Gasteiger partial charge in [-0.15, -0.1) is 0 Å². The highest BCUT2D eigenvalue weighted by atomic mass is 16.5. The Morgan fingerprint density at radius 3 is 2.70 bits per heavy atom. The number of urea groups is 1. The van der Waals surface area contributed by atoms with Crippen LogP contribution in [0.15, 0.2) is 12.2 Å². The first kappa shape index (κ1) is 14.6. The molecule has 0 atom stereocenters. The summed E-state index contributed by atoms with van der Waals surface area (Å²) in [6, 6.07) is -0.370. The van der Waals surface area contributed by atoms with Gasteiger partial charge in [-0.25, -0.2) is 9.59 Å². The van der Waals surface area contributed by atoms with E-state index in [0.717, 1.165) is 19.3 Å². The molecule has 0 bridgehead atoms. The Balaban J connectivity index is 1.97. The van der Waals surface area contributed by atoms with E-state index >= 15 is 0 Å². The average molecular weight is 280 g/mol. The predicted molar refractivity (Wildman–Crippen MR) is 71.8 cm³/mol. The van der Waals surface area contributed by atoms with Crippen LogP contribution in [-0.4, -0.2) is 41.5 Å². The van der Waals surface area contributed by atoms with E-state index < -0.39 is 11.5 Å². The molecule has 1 saturated carbocycles. The first-order valence-corrected chi connectivity index (χ1v) is 7.06. The van der Waals surface area contributed by atoms with Gasteiger partial charge in [-0.1, -0.05) is 25.3 Å². The largest absolute Gasteiger partial charge is 0.463 e. The topological polar surface area (TPSA) is 75.7 Å². The number of hydrogen-bond donors (Lipinski definition) is 1. The SMILES string of the molecule is CCOC(=O)/C=C/CN1C(=O)NC2(CCCCC2)C1=O. The molecule has 1 N–H and O–H groups in total. The number of ether oxygens (including phenoxy) is 1. The summed E-state index contributed by atoms with van der Waals surface area (Å²) in [5.74, 6) is -0.636. The van der Waals surface area contributed by atoms with E-state index in [0.29, 0.717) is 19.4 Å². The molecule has 6 heteroatoms. The van der Waals surface area contributed by atoms with E-state index in [-0.39, 0.29) is 18.5 Å². The molecule has 1 aliphatic heterocycles. The zero-order valence-electron chi connectivity index (χ0n) is 11.7. The van der Waals surface area contributed by atoms with Crippen LogP contribution in [0.25, 0.3) is 0 Å². The van der Waals surface area contributed by atoms with Crippen molar-refractivity contribution in [1.82, 2.24) is 10.2 Å². The summed E-state index contributed by atoms with van der Waals surface area (Å²) in [5.41, 5.74) is -0.701. The summed E-state index contributed by atoms with van der Waals surface area (Å²) in [5, 5.41) is 2.82. The van der Waals surface area contributed by atoms with Gasteiger partial charge in [0.1, 0.15) is 5.54 Å². The standard InChI is InChI=1S/C14H20N2O4/c1-2-20-11(17)7-6-10-16-12(18)14(15-13(16)19)8-4-3-5-9-14/h6-7H,2-5,8-10H2,1H3,(H,15,19)/b7-6+. The third kappa shape index (κ3) is 2.84. The molecule has 6 nitrogen and oxygen atoms in total. The fourth-order valence-electron chi connectivity index (χ4n) is 2.78. The molecule has 20 heavy (non-hydrogen) atoms. The Kier molecular flexibility index (Phi) is 4.42. The molecule has 0 aromatic carbocycles. The van der Waals surface area contributed by atoms with Crippen LogP contribution in [-0.2, 0) is 14.3 Å². The van der Waals surface area contributed by atoms with Gasteiger partial charge >= 0.3 is 12.0 Å². The van der Waals surface area contributed by atoms with Crippen LogP contribution in [0.5, 0.6) is 0 Å². The number of rotatable bonds is 4. The molecule has 0 unspecified atom stereocenters. The van der Waals surface area contributed by atoms with Crippen molar-refractivity contribution in [2.24, 2.45) is 0 Å². The second-order valence-corrected chi connectivity index (χ2v) is 5.14. The summed E-state index contributed by atoms with van der Waals surface area (Å²) >= 11 is 0. The van der Waals surface area contributed by atoms with Crippen molar-refractivity contribution in [3.05, 3.63) is 12.2 Å². The number of esters is 1. The molecular weight excluding hydrogens is 260 g/mol. The average Bonchev–Trinajstić information content (AvgIpc) is 2.64. The van der Waals surface area contributed by atoms with Crippen LogP contribution in [0.2, 0.25) is 0 Å². The third-order valence-corrected chi connectivity index (χ3v) is 3.78. The minimum Gasteiger partial charge on any atom is -0.463 e. The number of hydrogen-bond acceptors (Lipinski definition) is 4. The van der Waals surface area contributed by atoms with Crippen LogP contribution in [0.4, 0.5) is 4.79 Å². The zero-order valence-corrected chi connectivity index (χ0v) is 11.7. The second-order valence-electron chi connectivity index (χ2n) is 5.14. The first-order valence-electron chi connectivity index (χ1n) is 7.06. The van der Waals surface area contributed by atoms with E-state index in [2.05, 4.69) is 5.32 Å². The molecule has 0 aromatic rings. The molecule has 2 fully saturated rings. The molecule has 1 spiro atoms. The van der Waals surface area contributed by atoms with E-state index in [1.807, 2.05) is 0 Å². The highest BCUT2D eigenvalue weighted by Gasteiger charge is 2.50. The fourth-order valence-corrected chi connectivity index (χ4v) is 2.78. The lowest BCUT2D eigenvalue weighted by Gasteiger charge is -2.30. The lowest BCUT2D eigenvalue weighted by molar-refractivity contribution is -0.137.